The highest BCUT2D eigenvalue weighted by Crippen LogP contribution is 2.31. The van der Waals surface area contributed by atoms with Gasteiger partial charge in [0.15, 0.2) is 0 Å². The van der Waals surface area contributed by atoms with Crippen molar-refractivity contribution in [1.29, 1.82) is 0 Å². The normalized spacial score (nSPS) is 12.1. The molecule has 0 fully saturated rings. The highest BCUT2D eigenvalue weighted by Gasteiger charge is 2.30. The van der Waals surface area contributed by atoms with Crippen molar-refractivity contribution < 1.29 is 17.6 Å². The molecule has 20 heavy (non-hydrogen) atoms. The van der Waals surface area contributed by atoms with Gasteiger partial charge in [0.1, 0.15) is 0 Å². The molecule has 0 atom stereocenters. The van der Waals surface area contributed by atoms with Crippen molar-refractivity contribution in [2.24, 2.45) is 0 Å². The molecule has 0 spiro atoms. The van der Waals surface area contributed by atoms with E-state index in [9.17, 15) is 13.2 Å². The van der Waals surface area contributed by atoms with Gasteiger partial charge in [0.25, 0.3) is 0 Å². The Hall–Kier alpha value is -1.89. The fourth-order valence-electron chi connectivity index (χ4n) is 1.56. The standard InChI is InChI=1S/C13H14F3N3O/c1-8(2)17-7-11-18-19-12(20-11)9-4-3-5-10(6-9)13(14,15)16/h3-6,8,17H,7H2,1-2H3. The summed E-state index contributed by atoms with van der Waals surface area (Å²) in [6.45, 7) is 4.30. The summed E-state index contributed by atoms with van der Waals surface area (Å²) in [6, 6.07) is 5.06. The van der Waals surface area contributed by atoms with Gasteiger partial charge in [-0.3, -0.25) is 0 Å². The van der Waals surface area contributed by atoms with Crippen LogP contribution in [0, 0.1) is 0 Å². The predicted octanol–water partition coefficient (Wildman–Crippen LogP) is 3.25. The number of hydrogen-bond donors (Lipinski definition) is 1. The van der Waals surface area contributed by atoms with E-state index in [1.807, 2.05) is 13.8 Å². The fourth-order valence-corrected chi connectivity index (χ4v) is 1.56. The van der Waals surface area contributed by atoms with Crippen LogP contribution in [0.15, 0.2) is 28.7 Å². The Morgan fingerprint density at radius 1 is 1.25 bits per heavy atom. The lowest BCUT2D eigenvalue weighted by molar-refractivity contribution is -0.137. The van der Waals surface area contributed by atoms with Crippen LogP contribution in [0.4, 0.5) is 13.2 Å². The number of nitrogens with one attached hydrogen (secondary N) is 1. The first-order valence-electron chi connectivity index (χ1n) is 6.09. The molecule has 0 saturated carbocycles. The highest BCUT2D eigenvalue weighted by molar-refractivity contribution is 5.54. The monoisotopic (exact) mass is 285 g/mol. The van der Waals surface area contributed by atoms with E-state index in [2.05, 4.69) is 15.5 Å². The fraction of sp³-hybridized carbons (Fsp3) is 0.385. The quantitative estimate of drug-likeness (QED) is 0.936. The Labute approximate surface area is 114 Å². The van der Waals surface area contributed by atoms with Gasteiger partial charge in [-0.2, -0.15) is 13.2 Å². The molecule has 2 rings (SSSR count). The number of hydrogen-bond acceptors (Lipinski definition) is 4. The van der Waals surface area contributed by atoms with Gasteiger partial charge in [-0.05, 0) is 18.2 Å². The molecule has 0 radical (unpaired) electrons. The van der Waals surface area contributed by atoms with E-state index < -0.39 is 11.7 Å². The topological polar surface area (TPSA) is 51.0 Å². The van der Waals surface area contributed by atoms with Crippen molar-refractivity contribution in [3.63, 3.8) is 0 Å². The third-order valence-corrected chi connectivity index (χ3v) is 2.57. The van der Waals surface area contributed by atoms with Crippen LogP contribution >= 0.6 is 0 Å². The summed E-state index contributed by atoms with van der Waals surface area (Å²) >= 11 is 0. The number of rotatable bonds is 4. The van der Waals surface area contributed by atoms with Crippen LogP contribution in [0.3, 0.4) is 0 Å². The van der Waals surface area contributed by atoms with Gasteiger partial charge in [-0.15, -0.1) is 10.2 Å². The molecule has 1 heterocycles. The zero-order chi connectivity index (χ0) is 14.8. The van der Waals surface area contributed by atoms with Crippen LogP contribution in [0.5, 0.6) is 0 Å². The van der Waals surface area contributed by atoms with E-state index in [0.29, 0.717) is 12.4 Å². The van der Waals surface area contributed by atoms with E-state index in [1.54, 1.807) is 0 Å². The molecule has 0 bridgehead atoms. The molecular weight excluding hydrogens is 271 g/mol. The minimum Gasteiger partial charge on any atom is -0.419 e. The first-order chi connectivity index (χ1) is 9.36. The number of alkyl halides is 3. The van der Waals surface area contributed by atoms with Crippen molar-refractivity contribution in [3.05, 3.63) is 35.7 Å². The first kappa shape index (κ1) is 14.5. The van der Waals surface area contributed by atoms with Gasteiger partial charge in [-0.25, -0.2) is 0 Å². The van der Waals surface area contributed by atoms with Crippen LogP contribution in [-0.4, -0.2) is 16.2 Å². The summed E-state index contributed by atoms with van der Waals surface area (Å²) in [5.41, 5.74) is -0.488. The summed E-state index contributed by atoms with van der Waals surface area (Å²) in [7, 11) is 0. The SMILES string of the molecule is CC(C)NCc1nnc(-c2cccc(C(F)(F)F)c2)o1. The molecule has 2 aromatic rings. The van der Waals surface area contributed by atoms with E-state index >= 15 is 0 Å². The molecule has 0 unspecified atom stereocenters. The molecule has 108 valence electrons. The number of nitrogens with zero attached hydrogens (tertiary/aromatic N) is 2. The number of aromatic nitrogens is 2. The predicted molar refractivity (Wildman–Crippen MR) is 66.7 cm³/mol. The Bertz CT molecular complexity index is 578. The number of benzene rings is 1. The van der Waals surface area contributed by atoms with E-state index in [-0.39, 0.29) is 17.5 Å². The average molecular weight is 285 g/mol. The van der Waals surface area contributed by atoms with Gasteiger partial charge in [-0.1, -0.05) is 19.9 Å². The summed E-state index contributed by atoms with van der Waals surface area (Å²) in [4.78, 5) is 0. The van der Waals surface area contributed by atoms with Crippen molar-refractivity contribution in [1.82, 2.24) is 15.5 Å². The second-order valence-electron chi connectivity index (χ2n) is 4.62. The molecule has 0 amide bonds. The second-order valence-corrected chi connectivity index (χ2v) is 4.62. The molecule has 0 aliphatic heterocycles. The summed E-state index contributed by atoms with van der Waals surface area (Å²) in [6.07, 6.45) is -4.39. The summed E-state index contributed by atoms with van der Waals surface area (Å²) < 4.78 is 43.2. The van der Waals surface area contributed by atoms with E-state index in [0.717, 1.165) is 12.1 Å². The van der Waals surface area contributed by atoms with E-state index in [1.165, 1.54) is 12.1 Å². The second kappa shape index (κ2) is 5.62. The highest BCUT2D eigenvalue weighted by atomic mass is 19.4. The van der Waals surface area contributed by atoms with Crippen LogP contribution in [0.1, 0.15) is 25.3 Å². The average Bonchev–Trinajstić information content (AvgIpc) is 2.84. The van der Waals surface area contributed by atoms with Crippen molar-refractivity contribution in [2.45, 2.75) is 32.6 Å². The third-order valence-electron chi connectivity index (χ3n) is 2.57. The summed E-state index contributed by atoms with van der Waals surface area (Å²) in [5.74, 6) is 0.419. The van der Waals surface area contributed by atoms with Crippen LogP contribution in [0.2, 0.25) is 0 Å². The largest absolute Gasteiger partial charge is 0.419 e. The molecule has 1 aromatic heterocycles. The lowest BCUT2D eigenvalue weighted by atomic mass is 10.1. The van der Waals surface area contributed by atoms with Crippen molar-refractivity contribution >= 4 is 0 Å². The van der Waals surface area contributed by atoms with Crippen LogP contribution in [0.25, 0.3) is 11.5 Å². The zero-order valence-corrected chi connectivity index (χ0v) is 11.0. The molecule has 1 N–H and O–H groups in total. The Kier molecular flexibility index (Phi) is 4.08. The van der Waals surface area contributed by atoms with Crippen LogP contribution < -0.4 is 5.32 Å². The van der Waals surface area contributed by atoms with Gasteiger partial charge in [0.2, 0.25) is 11.8 Å². The maximum Gasteiger partial charge on any atom is 0.416 e. The van der Waals surface area contributed by atoms with Gasteiger partial charge >= 0.3 is 6.18 Å². The third kappa shape index (κ3) is 3.57. The zero-order valence-electron chi connectivity index (χ0n) is 11.0. The van der Waals surface area contributed by atoms with Gasteiger partial charge in [0, 0.05) is 11.6 Å². The summed E-state index contributed by atoms with van der Waals surface area (Å²) in [5, 5.41) is 10.6. The van der Waals surface area contributed by atoms with Crippen molar-refractivity contribution in [2.75, 3.05) is 0 Å². The molecule has 0 aliphatic carbocycles. The lowest BCUT2D eigenvalue weighted by Gasteiger charge is -2.06. The minimum absolute atomic E-state index is 0.0802. The smallest absolute Gasteiger partial charge is 0.416 e. The van der Waals surface area contributed by atoms with Gasteiger partial charge in [0.05, 0.1) is 12.1 Å². The Balaban J connectivity index is 2.20. The van der Waals surface area contributed by atoms with Crippen LogP contribution in [-0.2, 0) is 12.7 Å². The van der Waals surface area contributed by atoms with Gasteiger partial charge < -0.3 is 9.73 Å². The molecular formula is C13H14F3N3O. The molecule has 7 heteroatoms. The Morgan fingerprint density at radius 2 is 2.00 bits per heavy atom. The first-order valence-corrected chi connectivity index (χ1v) is 6.09. The molecule has 0 aliphatic rings. The molecule has 1 aromatic carbocycles. The lowest BCUT2D eigenvalue weighted by Crippen LogP contribution is -2.21. The van der Waals surface area contributed by atoms with E-state index in [4.69, 9.17) is 4.42 Å². The minimum atomic E-state index is -4.39. The maximum atomic E-state index is 12.6. The maximum absolute atomic E-state index is 12.6. The molecule has 0 saturated heterocycles. The Morgan fingerprint density at radius 3 is 2.65 bits per heavy atom. The van der Waals surface area contributed by atoms with Crippen molar-refractivity contribution in [3.8, 4) is 11.5 Å². The number of halogens is 3. The molecule has 4 nitrogen and oxygen atoms in total.